The van der Waals surface area contributed by atoms with Gasteiger partial charge in [0.05, 0.1) is 41.2 Å². The van der Waals surface area contributed by atoms with E-state index in [0.29, 0.717) is 17.8 Å². The first-order chi connectivity index (χ1) is 13.2. The molecule has 1 aromatic carbocycles. The quantitative estimate of drug-likeness (QED) is 0.604. The Kier molecular flexibility index (Phi) is 5.87. The van der Waals surface area contributed by atoms with Crippen molar-refractivity contribution in [2.45, 2.75) is 32.6 Å². The fourth-order valence-electron chi connectivity index (χ4n) is 2.63. The number of nitrogens with zero attached hydrogens (tertiary/aromatic N) is 4. The Balaban J connectivity index is 1.57. The molecule has 1 N–H and O–H groups in total. The molecule has 0 radical (unpaired) electrons. The summed E-state index contributed by atoms with van der Waals surface area (Å²) in [7, 11) is 0. The van der Waals surface area contributed by atoms with Gasteiger partial charge >= 0.3 is 6.18 Å². The number of benzene rings is 1. The number of anilines is 1. The summed E-state index contributed by atoms with van der Waals surface area (Å²) in [6.07, 6.45) is 0.551. The predicted molar refractivity (Wildman–Crippen MR) is 101 cm³/mol. The van der Waals surface area contributed by atoms with E-state index in [-0.39, 0.29) is 18.9 Å². The summed E-state index contributed by atoms with van der Waals surface area (Å²) in [4.78, 5) is 12.1. The maximum absolute atomic E-state index is 12.8. The van der Waals surface area contributed by atoms with Crippen molar-refractivity contribution in [3.63, 3.8) is 0 Å². The van der Waals surface area contributed by atoms with Crippen LogP contribution in [-0.2, 0) is 24.1 Å². The fourth-order valence-corrected chi connectivity index (χ4v) is 2.92. The number of halogens is 4. The van der Waals surface area contributed by atoms with Crippen LogP contribution in [0.1, 0.15) is 23.2 Å². The van der Waals surface area contributed by atoms with E-state index in [1.165, 1.54) is 16.9 Å². The van der Waals surface area contributed by atoms with E-state index in [0.717, 1.165) is 22.3 Å². The molecule has 6 nitrogen and oxygen atoms in total. The van der Waals surface area contributed by atoms with Crippen molar-refractivity contribution in [3.8, 4) is 0 Å². The van der Waals surface area contributed by atoms with Gasteiger partial charge in [0.15, 0.2) is 0 Å². The van der Waals surface area contributed by atoms with Crippen molar-refractivity contribution in [1.29, 1.82) is 0 Å². The van der Waals surface area contributed by atoms with Crippen molar-refractivity contribution < 1.29 is 18.0 Å². The van der Waals surface area contributed by atoms with Gasteiger partial charge in [-0.3, -0.25) is 14.2 Å². The number of alkyl halides is 3. The molecule has 0 aliphatic heterocycles. The molecule has 0 aliphatic rings. The zero-order chi connectivity index (χ0) is 20.3. The lowest BCUT2D eigenvalue weighted by Gasteiger charge is -2.08. The van der Waals surface area contributed by atoms with Gasteiger partial charge in [0.1, 0.15) is 0 Å². The number of aromatic nitrogens is 4. The van der Waals surface area contributed by atoms with E-state index in [1.807, 2.05) is 6.92 Å². The van der Waals surface area contributed by atoms with Gasteiger partial charge in [-0.1, -0.05) is 12.1 Å². The third kappa shape index (κ3) is 5.00. The SMILES string of the molecule is Cc1c(Br)cnn1CCC(=O)Nc1cnn(Cc2cccc(C(F)(F)F)c2)c1. The van der Waals surface area contributed by atoms with Gasteiger partial charge in [0, 0.05) is 18.3 Å². The van der Waals surface area contributed by atoms with Gasteiger partial charge in [0.25, 0.3) is 0 Å². The number of carbonyl (C=O) groups excluding carboxylic acids is 1. The Morgan fingerprint density at radius 1 is 1.25 bits per heavy atom. The fraction of sp³-hybridized carbons (Fsp3) is 0.278. The highest BCUT2D eigenvalue weighted by atomic mass is 79.9. The van der Waals surface area contributed by atoms with Crippen LogP contribution < -0.4 is 5.32 Å². The molecule has 0 saturated carbocycles. The van der Waals surface area contributed by atoms with Crippen molar-refractivity contribution in [3.05, 3.63) is 64.1 Å². The average molecular weight is 456 g/mol. The van der Waals surface area contributed by atoms with Crippen LogP contribution >= 0.6 is 15.9 Å². The van der Waals surface area contributed by atoms with E-state index in [9.17, 15) is 18.0 Å². The van der Waals surface area contributed by atoms with Crippen LogP contribution in [0.2, 0.25) is 0 Å². The van der Waals surface area contributed by atoms with E-state index >= 15 is 0 Å². The Hall–Kier alpha value is -2.62. The Morgan fingerprint density at radius 2 is 2.04 bits per heavy atom. The maximum Gasteiger partial charge on any atom is 0.416 e. The standard InChI is InChI=1S/C18H17BrF3N5O/c1-12-16(19)9-24-27(12)6-5-17(28)25-15-8-23-26(11-15)10-13-3-2-4-14(7-13)18(20,21)22/h2-4,7-9,11H,5-6,10H2,1H3,(H,25,28). The maximum atomic E-state index is 12.8. The number of nitrogens with one attached hydrogen (secondary N) is 1. The van der Waals surface area contributed by atoms with Crippen LogP contribution in [-0.4, -0.2) is 25.5 Å². The minimum atomic E-state index is -4.39. The van der Waals surface area contributed by atoms with E-state index < -0.39 is 11.7 Å². The van der Waals surface area contributed by atoms with Crippen LogP contribution in [0, 0.1) is 6.92 Å². The molecule has 0 aliphatic carbocycles. The van der Waals surface area contributed by atoms with Crippen molar-refractivity contribution in [2.75, 3.05) is 5.32 Å². The Morgan fingerprint density at radius 3 is 2.71 bits per heavy atom. The summed E-state index contributed by atoms with van der Waals surface area (Å²) < 4.78 is 42.5. The molecular weight excluding hydrogens is 439 g/mol. The van der Waals surface area contributed by atoms with Gasteiger partial charge in [-0.15, -0.1) is 0 Å². The Bertz CT molecular complexity index is 980. The zero-order valence-electron chi connectivity index (χ0n) is 14.9. The second-order valence-electron chi connectivity index (χ2n) is 6.22. The first-order valence-electron chi connectivity index (χ1n) is 8.39. The number of carbonyl (C=O) groups is 1. The molecule has 2 aromatic heterocycles. The molecule has 0 saturated heterocycles. The molecule has 3 aromatic rings. The largest absolute Gasteiger partial charge is 0.416 e. The lowest BCUT2D eigenvalue weighted by Crippen LogP contribution is -2.15. The van der Waals surface area contributed by atoms with Gasteiger partial charge < -0.3 is 5.32 Å². The molecule has 2 heterocycles. The molecule has 0 unspecified atom stereocenters. The first-order valence-corrected chi connectivity index (χ1v) is 9.18. The molecule has 0 bridgehead atoms. The molecular formula is C18H17BrF3N5O. The zero-order valence-corrected chi connectivity index (χ0v) is 16.5. The predicted octanol–water partition coefficient (Wildman–Crippen LogP) is 4.25. The van der Waals surface area contributed by atoms with E-state index in [2.05, 4.69) is 31.4 Å². The minimum Gasteiger partial charge on any atom is -0.323 e. The minimum absolute atomic E-state index is 0.167. The average Bonchev–Trinajstić information content (AvgIpc) is 3.20. The van der Waals surface area contributed by atoms with Crippen LogP contribution in [0.3, 0.4) is 0 Å². The highest BCUT2D eigenvalue weighted by Gasteiger charge is 2.30. The summed E-state index contributed by atoms with van der Waals surface area (Å²) in [5.41, 5.74) is 1.18. The third-order valence-electron chi connectivity index (χ3n) is 4.11. The number of rotatable bonds is 6. The van der Waals surface area contributed by atoms with Crippen LogP contribution in [0.15, 0.2) is 47.3 Å². The normalized spacial score (nSPS) is 11.6. The van der Waals surface area contributed by atoms with Gasteiger partial charge in [-0.05, 0) is 40.5 Å². The molecule has 0 fully saturated rings. The van der Waals surface area contributed by atoms with Gasteiger partial charge in [-0.25, -0.2) is 0 Å². The summed E-state index contributed by atoms with van der Waals surface area (Å²) >= 11 is 3.36. The first kappa shape index (κ1) is 20.1. The lowest BCUT2D eigenvalue weighted by molar-refractivity contribution is -0.137. The molecule has 0 spiro atoms. The number of amides is 1. The van der Waals surface area contributed by atoms with Crippen LogP contribution in [0.25, 0.3) is 0 Å². The van der Waals surface area contributed by atoms with E-state index in [4.69, 9.17) is 0 Å². The summed E-state index contributed by atoms with van der Waals surface area (Å²) in [6.45, 7) is 2.49. The molecule has 10 heteroatoms. The summed E-state index contributed by atoms with van der Waals surface area (Å²) in [6, 6.07) is 5.07. The van der Waals surface area contributed by atoms with Gasteiger partial charge in [0.2, 0.25) is 5.91 Å². The summed E-state index contributed by atoms with van der Waals surface area (Å²) in [5, 5.41) is 11.0. The third-order valence-corrected chi connectivity index (χ3v) is 4.89. The highest BCUT2D eigenvalue weighted by molar-refractivity contribution is 9.10. The second-order valence-corrected chi connectivity index (χ2v) is 7.08. The molecule has 148 valence electrons. The smallest absolute Gasteiger partial charge is 0.323 e. The number of aryl methyl sites for hydroxylation is 1. The topological polar surface area (TPSA) is 64.7 Å². The molecule has 0 atom stereocenters. The summed E-state index contributed by atoms with van der Waals surface area (Å²) in [5.74, 6) is -0.204. The second kappa shape index (κ2) is 8.17. The van der Waals surface area contributed by atoms with Crippen molar-refractivity contribution >= 4 is 27.5 Å². The number of hydrogen-bond acceptors (Lipinski definition) is 3. The molecule has 1 amide bonds. The van der Waals surface area contributed by atoms with Crippen molar-refractivity contribution in [2.24, 2.45) is 0 Å². The Labute approximate surface area is 167 Å². The highest BCUT2D eigenvalue weighted by Crippen LogP contribution is 2.29. The van der Waals surface area contributed by atoms with Crippen LogP contribution in [0.4, 0.5) is 18.9 Å². The monoisotopic (exact) mass is 455 g/mol. The molecule has 28 heavy (non-hydrogen) atoms. The number of hydrogen-bond donors (Lipinski definition) is 1. The van der Waals surface area contributed by atoms with Crippen LogP contribution in [0.5, 0.6) is 0 Å². The lowest BCUT2D eigenvalue weighted by atomic mass is 10.1. The van der Waals surface area contributed by atoms with Gasteiger partial charge in [-0.2, -0.15) is 23.4 Å². The van der Waals surface area contributed by atoms with E-state index in [1.54, 1.807) is 23.1 Å². The molecule has 3 rings (SSSR count). The van der Waals surface area contributed by atoms with Crippen molar-refractivity contribution in [1.82, 2.24) is 19.6 Å².